The van der Waals surface area contributed by atoms with Gasteiger partial charge in [0.15, 0.2) is 5.43 Å². The van der Waals surface area contributed by atoms with Gasteiger partial charge in [-0.05, 0) is 43.3 Å². The first-order chi connectivity index (χ1) is 14.6. The molecule has 0 bridgehead atoms. The van der Waals surface area contributed by atoms with Crippen LogP contribution in [0.5, 0.6) is 0 Å². The molecule has 0 saturated heterocycles. The number of aryl methyl sites for hydroxylation is 1. The fourth-order valence-electron chi connectivity index (χ4n) is 3.33. The zero-order valence-electron chi connectivity index (χ0n) is 16.4. The van der Waals surface area contributed by atoms with E-state index in [2.05, 4.69) is 15.3 Å². The topological polar surface area (TPSA) is 76.9 Å². The Morgan fingerprint density at radius 3 is 2.30 bits per heavy atom. The van der Waals surface area contributed by atoms with Crippen LogP contribution in [-0.4, -0.2) is 20.4 Å². The summed E-state index contributed by atoms with van der Waals surface area (Å²) in [6.07, 6.45) is 3.36. The number of carbonyl (C=O) groups is 1. The largest absolute Gasteiger partial charge is 0.337 e. The van der Waals surface area contributed by atoms with Gasteiger partial charge in [0.05, 0.1) is 23.6 Å². The van der Waals surface area contributed by atoms with Crippen LogP contribution in [0.3, 0.4) is 0 Å². The molecule has 0 unspecified atom stereocenters. The van der Waals surface area contributed by atoms with Crippen LogP contribution < -0.4 is 10.7 Å². The second-order valence-corrected chi connectivity index (χ2v) is 6.82. The van der Waals surface area contributed by atoms with E-state index < -0.39 is 5.91 Å². The van der Waals surface area contributed by atoms with E-state index in [1.807, 2.05) is 54.0 Å². The number of amides is 1. The lowest BCUT2D eigenvalue weighted by Gasteiger charge is -2.19. The van der Waals surface area contributed by atoms with Crippen LogP contribution >= 0.6 is 0 Å². The van der Waals surface area contributed by atoms with E-state index in [4.69, 9.17) is 0 Å². The molecule has 0 spiro atoms. The van der Waals surface area contributed by atoms with Gasteiger partial charge in [-0.15, -0.1) is 0 Å². The van der Waals surface area contributed by atoms with Crippen molar-refractivity contribution in [2.24, 2.45) is 0 Å². The summed E-state index contributed by atoms with van der Waals surface area (Å²) in [5.41, 5.74) is 2.88. The number of hydrogen-bond donors (Lipinski definition) is 1. The highest BCUT2D eigenvalue weighted by Gasteiger charge is 2.23. The predicted octanol–water partition coefficient (Wildman–Crippen LogP) is 3.91. The second kappa shape index (κ2) is 8.53. The molecule has 6 heteroatoms. The Labute approximate surface area is 173 Å². The molecule has 1 amide bonds. The molecule has 4 aromatic rings. The van der Waals surface area contributed by atoms with Gasteiger partial charge in [0.2, 0.25) is 0 Å². The number of hydrogen-bond acceptors (Lipinski definition) is 4. The SMILES string of the molecule is Cc1cc(=O)c(C(=O)Nc2ccccc2)c(-c2ccccn2)n1Cc1ccccn1. The van der Waals surface area contributed by atoms with Crippen molar-refractivity contribution in [2.45, 2.75) is 13.5 Å². The molecule has 6 nitrogen and oxygen atoms in total. The molecule has 0 aliphatic rings. The van der Waals surface area contributed by atoms with E-state index in [1.54, 1.807) is 36.7 Å². The fraction of sp³-hybridized carbons (Fsp3) is 0.0833. The number of pyridine rings is 3. The average Bonchev–Trinajstić information content (AvgIpc) is 2.77. The molecule has 0 aliphatic carbocycles. The molecule has 0 fully saturated rings. The van der Waals surface area contributed by atoms with Gasteiger partial charge in [-0.3, -0.25) is 19.6 Å². The van der Waals surface area contributed by atoms with Crippen LogP contribution in [-0.2, 0) is 6.54 Å². The van der Waals surface area contributed by atoms with Gasteiger partial charge < -0.3 is 9.88 Å². The third kappa shape index (κ3) is 4.03. The normalized spacial score (nSPS) is 10.6. The highest BCUT2D eigenvalue weighted by atomic mass is 16.2. The van der Waals surface area contributed by atoms with Crippen LogP contribution in [0.2, 0.25) is 0 Å². The van der Waals surface area contributed by atoms with Crippen molar-refractivity contribution in [3.05, 3.63) is 112 Å². The van der Waals surface area contributed by atoms with E-state index in [0.717, 1.165) is 11.4 Å². The Hall–Kier alpha value is -4.06. The lowest BCUT2D eigenvalue weighted by atomic mass is 10.1. The lowest BCUT2D eigenvalue weighted by Crippen LogP contribution is -2.27. The van der Waals surface area contributed by atoms with Crippen molar-refractivity contribution in [1.82, 2.24) is 14.5 Å². The first kappa shape index (κ1) is 19.3. The lowest BCUT2D eigenvalue weighted by molar-refractivity contribution is 0.102. The number of rotatable bonds is 5. The van der Waals surface area contributed by atoms with Crippen molar-refractivity contribution in [1.29, 1.82) is 0 Å². The van der Waals surface area contributed by atoms with E-state index >= 15 is 0 Å². The van der Waals surface area contributed by atoms with Crippen molar-refractivity contribution in [2.75, 3.05) is 5.32 Å². The summed E-state index contributed by atoms with van der Waals surface area (Å²) in [5, 5.41) is 2.82. The highest BCUT2D eigenvalue weighted by molar-refractivity contribution is 6.07. The summed E-state index contributed by atoms with van der Waals surface area (Å²) >= 11 is 0. The van der Waals surface area contributed by atoms with E-state index in [-0.39, 0.29) is 11.0 Å². The van der Waals surface area contributed by atoms with Crippen LogP contribution in [0.15, 0.2) is 90.0 Å². The molecule has 0 saturated carbocycles. The van der Waals surface area contributed by atoms with E-state index in [0.29, 0.717) is 23.6 Å². The van der Waals surface area contributed by atoms with Crippen LogP contribution in [0.4, 0.5) is 5.69 Å². The monoisotopic (exact) mass is 396 g/mol. The number of nitrogens with one attached hydrogen (secondary N) is 1. The van der Waals surface area contributed by atoms with Crippen molar-refractivity contribution in [3.8, 4) is 11.4 Å². The molecule has 0 aliphatic heterocycles. The van der Waals surface area contributed by atoms with Crippen molar-refractivity contribution < 1.29 is 4.79 Å². The first-order valence-corrected chi connectivity index (χ1v) is 9.55. The average molecular weight is 396 g/mol. The number of benzene rings is 1. The zero-order valence-corrected chi connectivity index (χ0v) is 16.4. The minimum atomic E-state index is -0.471. The summed E-state index contributed by atoms with van der Waals surface area (Å²) in [4.78, 5) is 34.9. The maximum absolute atomic E-state index is 13.2. The molecule has 0 atom stereocenters. The summed E-state index contributed by atoms with van der Waals surface area (Å²) in [7, 11) is 0. The number of para-hydroxylation sites is 1. The minimum Gasteiger partial charge on any atom is -0.337 e. The van der Waals surface area contributed by atoms with E-state index in [9.17, 15) is 9.59 Å². The Kier molecular flexibility index (Phi) is 5.48. The molecule has 4 rings (SSSR count). The Morgan fingerprint density at radius 1 is 0.933 bits per heavy atom. The summed E-state index contributed by atoms with van der Waals surface area (Å²) in [5.74, 6) is -0.471. The molecule has 3 aromatic heterocycles. The number of nitrogens with zero attached hydrogens (tertiary/aromatic N) is 3. The van der Waals surface area contributed by atoms with Gasteiger partial charge >= 0.3 is 0 Å². The molecule has 3 heterocycles. The van der Waals surface area contributed by atoms with Gasteiger partial charge in [-0.2, -0.15) is 0 Å². The third-order valence-electron chi connectivity index (χ3n) is 4.73. The zero-order chi connectivity index (χ0) is 20.9. The van der Waals surface area contributed by atoms with Crippen molar-refractivity contribution >= 4 is 11.6 Å². The minimum absolute atomic E-state index is 0.0547. The second-order valence-electron chi connectivity index (χ2n) is 6.82. The maximum Gasteiger partial charge on any atom is 0.261 e. The number of carbonyl (C=O) groups excluding carboxylic acids is 1. The molecular formula is C24H20N4O2. The smallest absolute Gasteiger partial charge is 0.261 e. The predicted molar refractivity (Wildman–Crippen MR) is 116 cm³/mol. The van der Waals surface area contributed by atoms with Crippen molar-refractivity contribution in [3.63, 3.8) is 0 Å². The third-order valence-corrected chi connectivity index (χ3v) is 4.73. The number of aromatic nitrogens is 3. The maximum atomic E-state index is 13.2. The molecule has 0 radical (unpaired) electrons. The highest BCUT2D eigenvalue weighted by Crippen LogP contribution is 2.23. The molecule has 1 N–H and O–H groups in total. The summed E-state index contributed by atoms with van der Waals surface area (Å²) in [6, 6.07) is 21.6. The molecule has 148 valence electrons. The van der Waals surface area contributed by atoms with Gasteiger partial charge in [0, 0.05) is 29.8 Å². The fourth-order valence-corrected chi connectivity index (χ4v) is 3.33. The summed E-state index contributed by atoms with van der Waals surface area (Å²) in [6.45, 7) is 2.25. The first-order valence-electron chi connectivity index (χ1n) is 9.55. The molecule has 30 heavy (non-hydrogen) atoms. The van der Waals surface area contributed by atoms with Crippen LogP contribution in [0.25, 0.3) is 11.4 Å². The molecular weight excluding hydrogens is 376 g/mol. The summed E-state index contributed by atoms with van der Waals surface area (Å²) < 4.78 is 1.91. The van der Waals surface area contributed by atoms with Gasteiger partial charge in [-0.25, -0.2) is 0 Å². The van der Waals surface area contributed by atoms with Gasteiger partial charge in [0.1, 0.15) is 5.56 Å². The van der Waals surface area contributed by atoms with Gasteiger partial charge in [-0.1, -0.05) is 30.3 Å². The van der Waals surface area contributed by atoms with Crippen LogP contribution in [0.1, 0.15) is 21.7 Å². The van der Waals surface area contributed by atoms with Gasteiger partial charge in [0.25, 0.3) is 5.91 Å². The molecule has 1 aromatic carbocycles. The van der Waals surface area contributed by atoms with Crippen LogP contribution in [0, 0.1) is 6.92 Å². The Balaban J connectivity index is 1.89. The standard InChI is InChI=1S/C24H20N4O2/c1-17-15-21(29)22(24(30)27-18-9-3-2-4-10-18)23(20-12-6-8-14-26-20)28(17)16-19-11-5-7-13-25-19/h2-15H,16H2,1H3,(H,27,30). The number of anilines is 1. The Morgan fingerprint density at radius 2 is 1.63 bits per heavy atom. The quantitative estimate of drug-likeness (QED) is 0.555. The Bertz CT molecular complexity index is 1220. The van der Waals surface area contributed by atoms with E-state index in [1.165, 1.54) is 6.07 Å².